The number of halogens is 7. The van der Waals surface area contributed by atoms with Crippen LogP contribution in [-0.4, -0.2) is 82.8 Å². The number of carboxylic acids is 3. The summed E-state index contributed by atoms with van der Waals surface area (Å²) in [4.78, 5) is 31.1. The van der Waals surface area contributed by atoms with Crippen LogP contribution in [0.4, 0.5) is 26.3 Å². The van der Waals surface area contributed by atoms with Crippen LogP contribution < -0.4 is 10.1 Å². The zero-order chi connectivity index (χ0) is 33.3. The second kappa shape index (κ2) is 19.0. The lowest BCUT2D eigenvalue weighted by Gasteiger charge is -2.32. The quantitative estimate of drug-likeness (QED) is 0.178. The molecule has 0 aromatic heterocycles. The van der Waals surface area contributed by atoms with Crippen molar-refractivity contribution in [2.45, 2.75) is 57.0 Å². The highest BCUT2D eigenvalue weighted by Crippen LogP contribution is 2.20. The van der Waals surface area contributed by atoms with Gasteiger partial charge in [-0.2, -0.15) is 26.3 Å². The maximum Gasteiger partial charge on any atom is 0.490 e. The van der Waals surface area contributed by atoms with Crippen molar-refractivity contribution in [3.63, 3.8) is 0 Å². The summed E-state index contributed by atoms with van der Waals surface area (Å²) in [6.45, 7) is 4.76. The average molecular weight is 659 g/mol. The third-order valence-corrected chi connectivity index (χ3v) is 6.24. The molecule has 1 aliphatic heterocycles. The molecule has 1 saturated heterocycles. The largest absolute Gasteiger partial charge is 0.493 e. The number of ether oxygens (including phenoxy) is 1. The van der Waals surface area contributed by atoms with E-state index in [1.54, 1.807) is 0 Å². The van der Waals surface area contributed by atoms with Crippen LogP contribution in [0.2, 0.25) is 5.02 Å². The van der Waals surface area contributed by atoms with Crippen molar-refractivity contribution >= 4 is 29.5 Å². The molecule has 1 fully saturated rings. The van der Waals surface area contributed by atoms with Crippen molar-refractivity contribution in [3.8, 4) is 5.75 Å². The van der Waals surface area contributed by atoms with Crippen molar-refractivity contribution in [3.05, 3.63) is 64.7 Å². The molecule has 0 bridgehead atoms. The van der Waals surface area contributed by atoms with Gasteiger partial charge in [-0.05, 0) is 74.6 Å². The van der Waals surface area contributed by atoms with Crippen LogP contribution in [0.25, 0.3) is 0 Å². The lowest BCUT2D eigenvalue weighted by Crippen LogP contribution is -2.42. The van der Waals surface area contributed by atoms with Crippen molar-refractivity contribution in [2.24, 2.45) is 0 Å². The molecule has 0 radical (unpaired) electrons. The number of alkyl halides is 6. The SMILES string of the molecule is O=C(O)C(F)(F)F.O=C(O)C(F)(F)F.O=C(O)CCc1ccccc1OCCCNC1CCN(Cc2ccc(Cl)cc2)CC1. The molecule has 44 heavy (non-hydrogen) atoms. The first-order valence-corrected chi connectivity index (χ1v) is 13.6. The van der Waals surface area contributed by atoms with Crippen molar-refractivity contribution in [1.29, 1.82) is 0 Å². The number of para-hydroxylation sites is 1. The molecule has 0 aliphatic carbocycles. The van der Waals surface area contributed by atoms with Gasteiger partial charge in [-0.15, -0.1) is 0 Å². The number of rotatable bonds is 11. The molecule has 246 valence electrons. The fourth-order valence-electron chi connectivity index (χ4n) is 3.80. The van der Waals surface area contributed by atoms with Crippen LogP contribution >= 0.6 is 11.6 Å². The molecule has 0 unspecified atom stereocenters. The van der Waals surface area contributed by atoms with Gasteiger partial charge in [0.1, 0.15) is 5.75 Å². The minimum atomic E-state index is -5.08. The van der Waals surface area contributed by atoms with E-state index in [0.717, 1.165) is 61.8 Å². The molecule has 4 N–H and O–H groups in total. The van der Waals surface area contributed by atoms with Gasteiger partial charge in [0, 0.05) is 24.0 Å². The van der Waals surface area contributed by atoms with Gasteiger partial charge >= 0.3 is 30.3 Å². The van der Waals surface area contributed by atoms with E-state index in [1.807, 2.05) is 36.4 Å². The first kappa shape index (κ1) is 38.5. The highest BCUT2D eigenvalue weighted by molar-refractivity contribution is 6.30. The van der Waals surface area contributed by atoms with Crippen LogP contribution in [0.15, 0.2) is 48.5 Å². The van der Waals surface area contributed by atoms with E-state index in [4.69, 9.17) is 41.2 Å². The summed E-state index contributed by atoms with van der Waals surface area (Å²) in [6.07, 6.45) is -6.30. The standard InChI is InChI=1S/C24H31ClN2O3.2C2HF3O2/c25-21-9-6-19(7-10-21)18-27-15-12-22(13-16-27)26-14-3-17-30-23-5-2-1-4-20(23)8-11-24(28)29;2*3-2(4,5)1(6)7/h1-2,4-7,9-10,22,26H,3,8,11-18H2,(H,28,29);2*(H,6,7). The van der Waals surface area contributed by atoms with E-state index in [-0.39, 0.29) is 6.42 Å². The van der Waals surface area contributed by atoms with E-state index in [2.05, 4.69) is 22.3 Å². The van der Waals surface area contributed by atoms with Crippen molar-refractivity contribution in [1.82, 2.24) is 10.2 Å². The predicted octanol–water partition coefficient (Wildman–Crippen LogP) is 5.65. The summed E-state index contributed by atoms with van der Waals surface area (Å²) in [7, 11) is 0. The number of aryl methyl sites for hydroxylation is 1. The van der Waals surface area contributed by atoms with Crippen molar-refractivity contribution in [2.75, 3.05) is 26.2 Å². The molecule has 0 atom stereocenters. The van der Waals surface area contributed by atoms with Gasteiger partial charge in [-0.1, -0.05) is 41.9 Å². The van der Waals surface area contributed by atoms with Gasteiger partial charge in [0.15, 0.2) is 0 Å². The maximum atomic E-state index is 10.8. The monoisotopic (exact) mass is 658 g/mol. The van der Waals surface area contributed by atoms with E-state index >= 15 is 0 Å². The molecule has 1 heterocycles. The molecule has 2 aromatic carbocycles. The number of carboxylic acid groups (broad SMARTS) is 3. The minimum Gasteiger partial charge on any atom is -0.493 e. The number of piperidine rings is 1. The van der Waals surface area contributed by atoms with Gasteiger partial charge in [0.2, 0.25) is 0 Å². The van der Waals surface area contributed by atoms with Gasteiger partial charge in [0.25, 0.3) is 0 Å². The second-order valence-electron chi connectivity index (χ2n) is 9.44. The summed E-state index contributed by atoms with van der Waals surface area (Å²) in [6, 6.07) is 16.4. The highest BCUT2D eigenvalue weighted by Gasteiger charge is 2.38. The number of nitrogens with one attached hydrogen (secondary N) is 1. The molecular weight excluding hydrogens is 626 g/mol. The molecule has 3 rings (SSSR count). The van der Waals surface area contributed by atoms with Crippen LogP contribution in [0.5, 0.6) is 5.75 Å². The Bertz CT molecular complexity index is 1150. The summed E-state index contributed by atoms with van der Waals surface area (Å²) in [5, 5.41) is 27.6. The summed E-state index contributed by atoms with van der Waals surface area (Å²) < 4.78 is 69.4. The Morgan fingerprint density at radius 2 is 1.41 bits per heavy atom. The molecule has 1 aliphatic rings. The van der Waals surface area contributed by atoms with Gasteiger partial charge in [-0.25, -0.2) is 9.59 Å². The summed E-state index contributed by atoms with van der Waals surface area (Å²) in [5.41, 5.74) is 2.27. The molecule has 0 saturated carbocycles. The molecule has 16 heteroatoms. The third-order valence-electron chi connectivity index (χ3n) is 5.98. The van der Waals surface area contributed by atoms with Gasteiger partial charge in [-0.3, -0.25) is 9.69 Å². The Labute approximate surface area is 254 Å². The van der Waals surface area contributed by atoms with Crippen LogP contribution in [0.3, 0.4) is 0 Å². The summed E-state index contributed by atoms with van der Waals surface area (Å²) in [5.74, 6) is -5.50. The normalized spacial score (nSPS) is 14.0. The Morgan fingerprint density at radius 3 is 1.91 bits per heavy atom. The minimum absolute atomic E-state index is 0.124. The Hall–Kier alpha value is -3.56. The van der Waals surface area contributed by atoms with Crippen LogP contribution in [0.1, 0.15) is 36.8 Å². The van der Waals surface area contributed by atoms with Crippen molar-refractivity contribution < 1.29 is 60.8 Å². The zero-order valence-corrected chi connectivity index (χ0v) is 24.1. The first-order valence-electron chi connectivity index (χ1n) is 13.2. The predicted molar refractivity (Wildman–Crippen MR) is 148 cm³/mol. The molecule has 2 aromatic rings. The topological polar surface area (TPSA) is 136 Å². The third kappa shape index (κ3) is 16.9. The number of carbonyl (C=O) groups is 3. The Balaban J connectivity index is 0.000000574. The number of hydrogen-bond acceptors (Lipinski definition) is 6. The van der Waals surface area contributed by atoms with E-state index < -0.39 is 30.3 Å². The number of nitrogens with zero attached hydrogens (tertiary/aromatic N) is 1. The lowest BCUT2D eigenvalue weighted by atomic mass is 10.0. The molecule has 9 nitrogen and oxygen atoms in total. The first-order chi connectivity index (χ1) is 20.5. The fraction of sp³-hybridized carbons (Fsp3) is 0.464. The van der Waals surface area contributed by atoms with Crippen LogP contribution in [-0.2, 0) is 27.3 Å². The fourth-order valence-corrected chi connectivity index (χ4v) is 3.92. The Morgan fingerprint density at radius 1 is 0.886 bits per heavy atom. The average Bonchev–Trinajstić information content (AvgIpc) is 2.94. The summed E-state index contributed by atoms with van der Waals surface area (Å²) >= 11 is 5.96. The highest BCUT2D eigenvalue weighted by atomic mass is 35.5. The van der Waals surface area contributed by atoms with Gasteiger partial charge in [0.05, 0.1) is 6.61 Å². The maximum absolute atomic E-state index is 10.8. The molecular formula is C28H33ClF6N2O7. The smallest absolute Gasteiger partial charge is 0.490 e. The number of likely N-dealkylation sites (tertiary alicyclic amines) is 1. The van der Waals surface area contributed by atoms with Gasteiger partial charge < -0.3 is 25.4 Å². The van der Waals surface area contributed by atoms with E-state index in [1.165, 1.54) is 5.56 Å². The van der Waals surface area contributed by atoms with E-state index in [0.29, 0.717) is 19.1 Å². The van der Waals surface area contributed by atoms with Crippen LogP contribution in [0, 0.1) is 0 Å². The number of aliphatic carboxylic acids is 3. The molecule has 0 spiro atoms. The van der Waals surface area contributed by atoms with E-state index in [9.17, 15) is 31.1 Å². The second-order valence-corrected chi connectivity index (χ2v) is 9.88. The lowest BCUT2D eigenvalue weighted by molar-refractivity contribution is -0.193. The Kier molecular flexibility index (Phi) is 16.6. The number of hydrogen-bond donors (Lipinski definition) is 4. The molecule has 0 amide bonds. The zero-order valence-electron chi connectivity index (χ0n) is 23.3. The number of benzene rings is 2.